The minimum Gasteiger partial charge on any atom is -0.462 e. The van der Waals surface area contributed by atoms with Crippen molar-refractivity contribution in [2.45, 2.75) is 58.0 Å². The Bertz CT molecular complexity index is 143. The van der Waals surface area contributed by atoms with Crippen LogP contribution in [0.5, 0.6) is 0 Å². The van der Waals surface area contributed by atoms with Gasteiger partial charge >= 0.3 is 5.97 Å². The number of cyclic esters (lactones) is 1. The van der Waals surface area contributed by atoms with E-state index in [1.54, 1.807) is 0 Å². The number of carbonyl (C=O) groups excluding carboxylic acids is 1. The third-order valence-electron chi connectivity index (χ3n) is 2.33. The number of hydrogen-bond donors (Lipinski definition) is 0. The zero-order chi connectivity index (χ0) is 8.81. The van der Waals surface area contributed by atoms with Crippen molar-refractivity contribution in [2.24, 2.45) is 0 Å². The van der Waals surface area contributed by atoms with Crippen LogP contribution < -0.4 is 0 Å². The largest absolute Gasteiger partial charge is 0.462 e. The van der Waals surface area contributed by atoms with Gasteiger partial charge < -0.3 is 4.74 Å². The van der Waals surface area contributed by atoms with E-state index in [9.17, 15) is 4.79 Å². The summed E-state index contributed by atoms with van der Waals surface area (Å²) in [5, 5.41) is 0. The molecule has 0 radical (unpaired) electrons. The van der Waals surface area contributed by atoms with Gasteiger partial charge in [0.2, 0.25) is 0 Å². The standard InChI is InChI=1S/C10H18O2/c1-2-3-4-6-9-7-5-8-10(11)12-9/h9H,2-8H2,1H3/t9-/m0/s1. The molecule has 1 aliphatic heterocycles. The molecule has 0 N–H and O–H groups in total. The van der Waals surface area contributed by atoms with Gasteiger partial charge in [-0.25, -0.2) is 0 Å². The van der Waals surface area contributed by atoms with Crippen LogP contribution >= 0.6 is 0 Å². The van der Waals surface area contributed by atoms with Gasteiger partial charge in [-0.1, -0.05) is 19.8 Å². The van der Waals surface area contributed by atoms with Crippen molar-refractivity contribution in [1.82, 2.24) is 0 Å². The Morgan fingerprint density at radius 3 is 3.00 bits per heavy atom. The Hall–Kier alpha value is -0.530. The van der Waals surface area contributed by atoms with Crippen LogP contribution in [0.15, 0.2) is 0 Å². The Morgan fingerprint density at radius 2 is 2.33 bits per heavy atom. The number of ether oxygens (including phenoxy) is 1. The van der Waals surface area contributed by atoms with Crippen molar-refractivity contribution >= 4 is 5.97 Å². The monoisotopic (exact) mass is 170 g/mol. The number of unbranched alkanes of at least 4 members (excludes halogenated alkanes) is 2. The summed E-state index contributed by atoms with van der Waals surface area (Å²) in [6.07, 6.45) is 7.73. The number of carbonyl (C=O) groups is 1. The summed E-state index contributed by atoms with van der Waals surface area (Å²) in [6.45, 7) is 2.19. The van der Waals surface area contributed by atoms with E-state index >= 15 is 0 Å². The van der Waals surface area contributed by atoms with Gasteiger partial charge in [-0.15, -0.1) is 0 Å². The molecule has 70 valence electrons. The molecule has 12 heavy (non-hydrogen) atoms. The fourth-order valence-electron chi connectivity index (χ4n) is 1.60. The van der Waals surface area contributed by atoms with E-state index in [-0.39, 0.29) is 12.1 Å². The van der Waals surface area contributed by atoms with Crippen molar-refractivity contribution in [3.63, 3.8) is 0 Å². The normalized spacial score (nSPS) is 23.8. The molecular weight excluding hydrogens is 152 g/mol. The predicted octanol–water partition coefficient (Wildman–Crippen LogP) is 2.66. The summed E-state index contributed by atoms with van der Waals surface area (Å²) in [7, 11) is 0. The molecule has 2 nitrogen and oxygen atoms in total. The molecule has 0 spiro atoms. The third kappa shape index (κ3) is 3.24. The van der Waals surface area contributed by atoms with Crippen molar-refractivity contribution in [3.05, 3.63) is 0 Å². The molecule has 0 amide bonds. The Kier molecular flexibility index (Phi) is 4.12. The van der Waals surface area contributed by atoms with E-state index in [0.717, 1.165) is 19.3 Å². The predicted molar refractivity (Wildman–Crippen MR) is 47.9 cm³/mol. The summed E-state index contributed by atoms with van der Waals surface area (Å²) in [6, 6.07) is 0. The van der Waals surface area contributed by atoms with Crippen LogP contribution in [-0.2, 0) is 9.53 Å². The SMILES string of the molecule is CCCCC[C@H]1CCCC(=O)O1. The highest BCUT2D eigenvalue weighted by molar-refractivity contribution is 5.70. The van der Waals surface area contributed by atoms with Gasteiger partial charge in [0.25, 0.3) is 0 Å². The third-order valence-corrected chi connectivity index (χ3v) is 2.33. The first-order valence-corrected chi connectivity index (χ1v) is 5.02. The summed E-state index contributed by atoms with van der Waals surface area (Å²) >= 11 is 0. The van der Waals surface area contributed by atoms with Gasteiger partial charge in [-0.05, 0) is 25.7 Å². The van der Waals surface area contributed by atoms with Crippen molar-refractivity contribution in [1.29, 1.82) is 0 Å². The summed E-state index contributed by atoms with van der Waals surface area (Å²) < 4.78 is 5.19. The van der Waals surface area contributed by atoms with Gasteiger partial charge in [0.15, 0.2) is 0 Å². The lowest BCUT2D eigenvalue weighted by atomic mass is 10.0. The van der Waals surface area contributed by atoms with Crippen LogP contribution in [0.2, 0.25) is 0 Å². The van der Waals surface area contributed by atoms with Gasteiger partial charge in [0.05, 0.1) is 0 Å². The summed E-state index contributed by atoms with van der Waals surface area (Å²) in [4.78, 5) is 10.9. The van der Waals surface area contributed by atoms with Crippen molar-refractivity contribution in [3.8, 4) is 0 Å². The molecule has 0 aromatic carbocycles. The lowest BCUT2D eigenvalue weighted by Crippen LogP contribution is -2.23. The minimum atomic E-state index is 0.00254. The molecule has 1 heterocycles. The Morgan fingerprint density at radius 1 is 1.50 bits per heavy atom. The Labute approximate surface area is 74.3 Å². The second-order valence-electron chi connectivity index (χ2n) is 3.50. The van der Waals surface area contributed by atoms with Crippen LogP contribution in [-0.4, -0.2) is 12.1 Å². The van der Waals surface area contributed by atoms with Gasteiger partial charge in [-0.2, -0.15) is 0 Å². The van der Waals surface area contributed by atoms with Crippen LogP contribution in [0.3, 0.4) is 0 Å². The van der Waals surface area contributed by atoms with Crippen LogP contribution in [0, 0.1) is 0 Å². The first-order valence-electron chi connectivity index (χ1n) is 5.02. The molecule has 0 unspecified atom stereocenters. The van der Waals surface area contributed by atoms with Crippen LogP contribution in [0.4, 0.5) is 0 Å². The second kappa shape index (κ2) is 5.18. The maximum Gasteiger partial charge on any atom is 0.306 e. The molecule has 1 aliphatic rings. The number of rotatable bonds is 4. The van der Waals surface area contributed by atoms with Crippen molar-refractivity contribution < 1.29 is 9.53 Å². The molecule has 1 saturated heterocycles. The maximum atomic E-state index is 10.9. The molecule has 1 fully saturated rings. The van der Waals surface area contributed by atoms with Crippen LogP contribution in [0.1, 0.15) is 51.9 Å². The number of hydrogen-bond acceptors (Lipinski definition) is 2. The molecule has 1 atom stereocenters. The van der Waals surface area contributed by atoms with E-state index in [1.807, 2.05) is 0 Å². The molecule has 0 aromatic rings. The first-order chi connectivity index (χ1) is 5.83. The zero-order valence-electron chi connectivity index (χ0n) is 7.84. The molecule has 0 saturated carbocycles. The van der Waals surface area contributed by atoms with E-state index in [2.05, 4.69) is 6.92 Å². The quantitative estimate of drug-likeness (QED) is 0.479. The summed E-state index contributed by atoms with van der Waals surface area (Å²) in [5.74, 6) is 0.00254. The van der Waals surface area contributed by atoms with E-state index in [0.29, 0.717) is 6.42 Å². The number of esters is 1. The fraction of sp³-hybridized carbons (Fsp3) is 0.900. The lowest BCUT2D eigenvalue weighted by Gasteiger charge is -2.21. The molecular formula is C10H18O2. The molecule has 0 aromatic heterocycles. The highest BCUT2D eigenvalue weighted by atomic mass is 16.5. The highest BCUT2D eigenvalue weighted by Crippen LogP contribution is 2.18. The lowest BCUT2D eigenvalue weighted by molar-refractivity contribution is -0.154. The van der Waals surface area contributed by atoms with Crippen LogP contribution in [0.25, 0.3) is 0 Å². The van der Waals surface area contributed by atoms with Crippen molar-refractivity contribution in [2.75, 3.05) is 0 Å². The fourth-order valence-corrected chi connectivity index (χ4v) is 1.60. The topological polar surface area (TPSA) is 26.3 Å². The zero-order valence-corrected chi connectivity index (χ0v) is 7.84. The molecule has 2 heteroatoms. The second-order valence-corrected chi connectivity index (χ2v) is 3.50. The van der Waals surface area contributed by atoms with Gasteiger partial charge in [-0.3, -0.25) is 4.79 Å². The maximum absolute atomic E-state index is 10.9. The van der Waals surface area contributed by atoms with E-state index in [1.165, 1.54) is 19.3 Å². The smallest absolute Gasteiger partial charge is 0.306 e. The van der Waals surface area contributed by atoms with E-state index in [4.69, 9.17) is 4.74 Å². The Balaban J connectivity index is 2.10. The average molecular weight is 170 g/mol. The molecule has 0 aliphatic carbocycles. The summed E-state index contributed by atoms with van der Waals surface area (Å²) in [5.41, 5.74) is 0. The molecule has 0 bridgehead atoms. The van der Waals surface area contributed by atoms with E-state index < -0.39 is 0 Å². The highest BCUT2D eigenvalue weighted by Gasteiger charge is 2.19. The first kappa shape index (κ1) is 9.56. The van der Waals surface area contributed by atoms with Gasteiger partial charge in [0, 0.05) is 6.42 Å². The van der Waals surface area contributed by atoms with Gasteiger partial charge in [0.1, 0.15) is 6.10 Å². The molecule has 1 rings (SSSR count). The average Bonchev–Trinajstić information content (AvgIpc) is 2.05. The minimum absolute atomic E-state index is 0.00254.